The fourth-order valence-corrected chi connectivity index (χ4v) is 6.19. The third-order valence-electron chi connectivity index (χ3n) is 8.26. The zero-order valence-electron chi connectivity index (χ0n) is 23.7. The van der Waals surface area contributed by atoms with Gasteiger partial charge >= 0.3 is 0 Å². The van der Waals surface area contributed by atoms with Crippen molar-refractivity contribution >= 4 is 0 Å². The predicted molar refractivity (Wildman–Crippen MR) is 159 cm³/mol. The van der Waals surface area contributed by atoms with Gasteiger partial charge in [0.2, 0.25) is 0 Å². The van der Waals surface area contributed by atoms with Crippen LogP contribution < -0.4 is 18.9 Å². The Morgan fingerprint density at radius 1 is 0.683 bits per heavy atom. The molecule has 1 saturated heterocycles. The molecule has 1 N–H and O–H groups in total. The van der Waals surface area contributed by atoms with Crippen LogP contribution in [-0.4, -0.2) is 36.9 Å². The number of ether oxygens (including phenoxy) is 4. The van der Waals surface area contributed by atoms with Crippen LogP contribution in [0.1, 0.15) is 52.7 Å². The van der Waals surface area contributed by atoms with Gasteiger partial charge in [-0.25, -0.2) is 0 Å². The van der Waals surface area contributed by atoms with Crippen LogP contribution in [0.25, 0.3) is 0 Å². The Morgan fingerprint density at radius 2 is 1.29 bits per heavy atom. The summed E-state index contributed by atoms with van der Waals surface area (Å²) in [4.78, 5) is 2.53. The maximum absolute atomic E-state index is 11.1. The van der Waals surface area contributed by atoms with Gasteiger partial charge in [-0.15, -0.1) is 0 Å². The summed E-state index contributed by atoms with van der Waals surface area (Å²) in [6.07, 6.45) is 1.84. The molecule has 212 valence electrons. The van der Waals surface area contributed by atoms with Crippen molar-refractivity contribution in [3.8, 4) is 23.0 Å². The van der Waals surface area contributed by atoms with E-state index in [9.17, 15) is 5.11 Å². The van der Waals surface area contributed by atoms with Crippen molar-refractivity contribution in [2.75, 3.05) is 20.8 Å². The third-order valence-corrected chi connectivity index (χ3v) is 8.26. The number of methoxy groups -OCH3 is 2. The molecule has 1 fully saturated rings. The van der Waals surface area contributed by atoms with Crippen molar-refractivity contribution in [1.29, 1.82) is 0 Å². The molecular formula is C35H37NO5. The molecule has 0 aliphatic carbocycles. The number of aliphatic hydroxyl groups is 1. The lowest BCUT2D eigenvalue weighted by Gasteiger charge is -2.47. The summed E-state index contributed by atoms with van der Waals surface area (Å²) in [6.45, 7) is 1.81. The first-order chi connectivity index (χ1) is 20.1. The summed E-state index contributed by atoms with van der Waals surface area (Å²) >= 11 is 0. The molecular weight excluding hydrogens is 514 g/mol. The van der Waals surface area contributed by atoms with Crippen molar-refractivity contribution in [2.24, 2.45) is 0 Å². The second-order valence-corrected chi connectivity index (χ2v) is 10.8. The van der Waals surface area contributed by atoms with E-state index in [-0.39, 0.29) is 12.1 Å². The van der Waals surface area contributed by atoms with Gasteiger partial charge in [0.15, 0.2) is 23.0 Å². The Kier molecular flexibility index (Phi) is 8.12. The first-order valence-electron chi connectivity index (χ1n) is 14.3. The molecule has 2 aliphatic rings. The largest absolute Gasteiger partial charge is 0.493 e. The first kappa shape index (κ1) is 27.2. The van der Waals surface area contributed by atoms with E-state index >= 15 is 0 Å². The van der Waals surface area contributed by atoms with Gasteiger partial charge in [0.05, 0.1) is 20.3 Å². The molecule has 0 bridgehead atoms. The highest BCUT2D eigenvalue weighted by Gasteiger charge is 2.40. The lowest BCUT2D eigenvalue weighted by atomic mass is 9.81. The average Bonchev–Trinajstić information content (AvgIpc) is 3.02. The van der Waals surface area contributed by atoms with Gasteiger partial charge in [-0.05, 0) is 71.3 Å². The second kappa shape index (κ2) is 12.2. The van der Waals surface area contributed by atoms with Gasteiger partial charge in [0, 0.05) is 18.6 Å². The number of rotatable bonds is 9. The average molecular weight is 552 g/mol. The molecule has 0 unspecified atom stereocenters. The fraction of sp³-hybridized carbons (Fsp3) is 0.314. The molecule has 0 aromatic heterocycles. The molecule has 0 radical (unpaired) electrons. The van der Waals surface area contributed by atoms with Crippen LogP contribution >= 0.6 is 0 Å². The highest BCUT2D eigenvalue weighted by atomic mass is 16.5. The number of nitrogens with zero attached hydrogens (tertiary/aromatic N) is 1. The number of piperidine rings is 1. The van der Waals surface area contributed by atoms with E-state index in [4.69, 9.17) is 18.9 Å². The normalized spacial score (nSPS) is 20.0. The van der Waals surface area contributed by atoms with Gasteiger partial charge in [0.25, 0.3) is 0 Å². The van der Waals surface area contributed by atoms with Crippen LogP contribution in [0.15, 0.2) is 91.0 Å². The van der Waals surface area contributed by atoms with Crippen molar-refractivity contribution in [3.05, 3.63) is 119 Å². The van der Waals surface area contributed by atoms with Crippen molar-refractivity contribution in [1.82, 2.24) is 4.90 Å². The van der Waals surface area contributed by atoms with Crippen LogP contribution in [0, 0.1) is 0 Å². The predicted octanol–water partition coefficient (Wildman–Crippen LogP) is 6.66. The summed E-state index contributed by atoms with van der Waals surface area (Å²) in [7, 11) is 3.31. The molecule has 41 heavy (non-hydrogen) atoms. The minimum absolute atomic E-state index is 0.0689. The number of fused-ring (bicyclic) bond motifs is 3. The Morgan fingerprint density at radius 3 is 1.93 bits per heavy atom. The molecule has 4 aromatic carbocycles. The second-order valence-electron chi connectivity index (χ2n) is 10.8. The number of hydrogen-bond acceptors (Lipinski definition) is 6. The van der Waals surface area contributed by atoms with Gasteiger partial charge < -0.3 is 24.1 Å². The van der Waals surface area contributed by atoms with E-state index in [0.29, 0.717) is 37.6 Å². The van der Waals surface area contributed by atoms with Crippen LogP contribution in [0.5, 0.6) is 23.0 Å². The molecule has 4 aromatic rings. The van der Waals surface area contributed by atoms with Crippen LogP contribution in [0.3, 0.4) is 0 Å². The molecule has 6 rings (SSSR count). The van der Waals surface area contributed by atoms with E-state index in [2.05, 4.69) is 47.4 Å². The molecule has 6 heteroatoms. The Labute approximate surface area is 242 Å². The molecule has 0 spiro atoms. The Balaban J connectivity index is 1.32. The van der Waals surface area contributed by atoms with Crippen molar-refractivity contribution in [3.63, 3.8) is 0 Å². The summed E-state index contributed by atoms with van der Waals surface area (Å²) in [5.74, 6) is 2.89. The highest BCUT2D eigenvalue weighted by molar-refractivity contribution is 5.51. The Bertz CT molecular complexity index is 1460. The summed E-state index contributed by atoms with van der Waals surface area (Å²) in [6, 6.07) is 30.9. The monoisotopic (exact) mass is 551 g/mol. The maximum atomic E-state index is 11.1. The van der Waals surface area contributed by atoms with Crippen LogP contribution in [0.4, 0.5) is 0 Å². The van der Waals surface area contributed by atoms with E-state index in [1.165, 1.54) is 11.1 Å². The SMILES string of the molecule is COc1ccc([C@@H]2C[C@@H](O)C[C@H]3c4cc(OCc5ccccc5)c(OCc5ccccc5)cc4CCN23)cc1OC. The zero-order valence-corrected chi connectivity index (χ0v) is 23.7. The lowest BCUT2D eigenvalue weighted by molar-refractivity contribution is -0.00697. The van der Waals surface area contributed by atoms with Gasteiger partial charge in [-0.2, -0.15) is 0 Å². The molecule has 6 nitrogen and oxygen atoms in total. The summed E-state index contributed by atoms with van der Waals surface area (Å²) in [5, 5.41) is 11.1. The van der Waals surface area contributed by atoms with E-state index in [1.807, 2.05) is 48.5 Å². The third kappa shape index (κ3) is 5.90. The van der Waals surface area contributed by atoms with Gasteiger partial charge in [-0.3, -0.25) is 4.90 Å². The quantitative estimate of drug-likeness (QED) is 0.251. The summed E-state index contributed by atoms with van der Waals surface area (Å²) in [5.41, 5.74) is 5.79. The first-order valence-corrected chi connectivity index (χ1v) is 14.3. The lowest BCUT2D eigenvalue weighted by Crippen LogP contribution is -2.45. The zero-order chi connectivity index (χ0) is 28.2. The van der Waals surface area contributed by atoms with Gasteiger partial charge in [-0.1, -0.05) is 66.7 Å². The minimum Gasteiger partial charge on any atom is -0.493 e. The smallest absolute Gasteiger partial charge is 0.162 e. The molecule has 2 aliphatic heterocycles. The molecule has 2 heterocycles. The summed E-state index contributed by atoms with van der Waals surface area (Å²) < 4.78 is 23.8. The van der Waals surface area contributed by atoms with E-state index in [0.717, 1.165) is 41.2 Å². The number of hydrogen-bond donors (Lipinski definition) is 1. The fourth-order valence-electron chi connectivity index (χ4n) is 6.19. The van der Waals surface area contributed by atoms with Gasteiger partial charge in [0.1, 0.15) is 13.2 Å². The highest BCUT2D eigenvalue weighted by Crippen LogP contribution is 2.48. The van der Waals surface area contributed by atoms with Crippen LogP contribution in [0.2, 0.25) is 0 Å². The molecule has 0 amide bonds. The van der Waals surface area contributed by atoms with Crippen molar-refractivity contribution in [2.45, 2.75) is 50.7 Å². The topological polar surface area (TPSA) is 60.4 Å². The minimum atomic E-state index is -0.414. The maximum Gasteiger partial charge on any atom is 0.162 e. The Hall–Kier alpha value is -4.00. The molecule has 0 saturated carbocycles. The van der Waals surface area contributed by atoms with E-state index in [1.54, 1.807) is 14.2 Å². The standard InChI is InChI=1S/C35H37NO5/c1-38-32-14-13-27(18-33(32)39-2)30-19-28(37)20-31-29-21-35(41-23-25-11-7-4-8-12-25)34(17-26(29)15-16-36(30)31)40-22-24-9-5-3-6-10-24/h3-14,17-18,21,28,30-31,37H,15-16,19-20,22-23H2,1-2H3/t28-,30+,31+/m1/s1. The van der Waals surface area contributed by atoms with Crippen molar-refractivity contribution < 1.29 is 24.1 Å². The van der Waals surface area contributed by atoms with E-state index < -0.39 is 6.10 Å². The van der Waals surface area contributed by atoms with Crippen LogP contribution in [-0.2, 0) is 19.6 Å². The number of benzene rings is 4. The molecule has 3 atom stereocenters. The number of aliphatic hydroxyl groups excluding tert-OH is 1.